The number of halogens is 1. The molecule has 4 N–H and O–H groups in total. The van der Waals surface area contributed by atoms with Crippen LogP contribution in [0.4, 0.5) is 5.69 Å². The number of carboxylic acid groups (broad SMARTS) is 2. The van der Waals surface area contributed by atoms with Crippen LogP contribution < -0.4 is 10.6 Å². The van der Waals surface area contributed by atoms with Crippen molar-refractivity contribution in [2.45, 2.75) is 32.2 Å². The molecule has 0 spiro atoms. The van der Waals surface area contributed by atoms with E-state index in [1.54, 1.807) is 11.3 Å². The van der Waals surface area contributed by atoms with Crippen molar-refractivity contribution in [3.8, 4) is 0 Å². The zero-order valence-electron chi connectivity index (χ0n) is 17.0. The number of benzene rings is 2. The molecule has 3 aromatic rings. The minimum absolute atomic E-state index is 0.296. The molecule has 164 valence electrons. The van der Waals surface area contributed by atoms with Crippen molar-refractivity contribution in [1.82, 2.24) is 5.32 Å². The van der Waals surface area contributed by atoms with Gasteiger partial charge in [-0.1, -0.05) is 29.8 Å². The summed E-state index contributed by atoms with van der Waals surface area (Å²) in [6, 6.07) is 13.0. The van der Waals surface area contributed by atoms with Gasteiger partial charge in [0.05, 0.1) is 23.6 Å². The highest BCUT2D eigenvalue weighted by atomic mass is 35.5. The normalized spacial score (nSPS) is 12.9. The van der Waals surface area contributed by atoms with Gasteiger partial charge >= 0.3 is 11.9 Å². The molecule has 0 fully saturated rings. The predicted octanol–water partition coefficient (Wildman–Crippen LogP) is 4.79. The van der Waals surface area contributed by atoms with Gasteiger partial charge in [-0.2, -0.15) is 0 Å². The van der Waals surface area contributed by atoms with Crippen LogP contribution in [0.1, 0.15) is 29.5 Å². The first-order valence-corrected chi connectivity index (χ1v) is 11.3. The smallest absolute Gasteiger partial charge is 0.303 e. The second-order valence-corrected chi connectivity index (χ2v) is 8.60. The Balaban J connectivity index is 0.000000293. The van der Waals surface area contributed by atoms with Crippen LogP contribution in [0.3, 0.4) is 0 Å². The molecule has 0 aliphatic carbocycles. The molecule has 1 aromatic heterocycles. The Bertz CT molecular complexity index is 1050. The van der Waals surface area contributed by atoms with E-state index < -0.39 is 11.9 Å². The molecule has 0 bridgehead atoms. The first-order valence-electron chi connectivity index (χ1n) is 10.1. The summed E-state index contributed by atoms with van der Waals surface area (Å²) < 4.78 is 1.34. The highest BCUT2D eigenvalue weighted by Crippen LogP contribution is 2.31. The lowest BCUT2D eigenvalue weighted by molar-refractivity contribution is -0.143. The number of anilines is 1. The molecular formula is C23H25ClN2O4S. The molecule has 0 saturated heterocycles. The third-order valence-corrected chi connectivity index (χ3v) is 6.22. The van der Waals surface area contributed by atoms with E-state index in [0.29, 0.717) is 0 Å². The zero-order valence-corrected chi connectivity index (χ0v) is 18.6. The van der Waals surface area contributed by atoms with E-state index in [1.807, 2.05) is 6.07 Å². The number of nitrogens with one attached hydrogen (secondary N) is 2. The first-order chi connectivity index (χ1) is 14.9. The molecule has 0 unspecified atom stereocenters. The maximum absolute atomic E-state index is 9.64. The SMILES string of the molecule is Clc1ccc2c(c1NCc1ccc3ccsc3c1)CCNCC2.O=C(O)CCC(=O)O. The molecule has 0 saturated carbocycles. The van der Waals surface area contributed by atoms with E-state index in [2.05, 4.69) is 46.3 Å². The first kappa shape index (κ1) is 23.1. The molecular weight excluding hydrogens is 436 g/mol. The predicted molar refractivity (Wildman–Crippen MR) is 125 cm³/mol. The fraction of sp³-hybridized carbons (Fsp3) is 0.304. The number of hydrogen-bond donors (Lipinski definition) is 4. The highest BCUT2D eigenvalue weighted by Gasteiger charge is 2.14. The fourth-order valence-electron chi connectivity index (χ4n) is 3.45. The molecule has 0 atom stereocenters. The topological polar surface area (TPSA) is 98.7 Å². The van der Waals surface area contributed by atoms with Gasteiger partial charge in [-0.05, 0) is 71.6 Å². The lowest BCUT2D eigenvalue weighted by Gasteiger charge is -2.16. The molecule has 2 aromatic carbocycles. The largest absolute Gasteiger partial charge is 0.481 e. The van der Waals surface area contributed by atoms with E-state index >= 15 is 0 Å². The molecule has 1 aliphatic heterocycles. The fourth-order valence-corrected chi connectivity index (χ4v) is 4.54. The number of aliphatic carboxylic acids is 2. The summed E-state index contributed by atoms with van der Waals surface area (Å²) >= 11 is 8.27. The minimum atomic E-state index is -1.08. The lowest BCUT2D eigenvalue weighted by Crippen LogP contribution is -2.16. The maximum Gasteiger partial charge on any atom is 0.303 e. The van der Waals surface area contributed by atoms with Crippen molar-refractivity contribution in [3.05, 3.63) is 63.5 Å². The van der Waals surface area contributed by atoms with Gasteiger partial charge in [0.25, 0.3) is 0 Å². The molecule has 31 heavy (non-hydrogen) atoms. The lowest BCUT2D eigenvalue weighted by atomic mass is 10.0. The second kappa shape index (κ2) is 11.1. The average molecular weight is 461 g/mol. The van der Waals surface area contributed by atoms with Crippen molar-refractivity contribution in [1.29, 1.82) is 0 Å². The van der Waals surface area contributed by atoms with Gasteiger partial charge < -0.3 is 20.8 Å². The molecule has 1 aliphatic rings. The van der Waals surface area contributed by atoms with E-state index in [4.69, 9.17) is 21.8 Å². The Morgan fingerprint density at radius 1 is 1.03 bits per heavy atom. The summed E-state index contributed by atoms with van der Waals surface area (Å²) in [5.41, 5.74) is 5.19. The second-order valence-electron chi connectivity index (χ2n) is 7.24. The van der Waals surface area contributed by atoms with Crippen molar-refractivity contribution >= 4 is 50.6 Å². The van der Waals surface area contributed by atoms with Crippen LogP contribution in [0.25, 0.3) is 10.1 Å². The summed E-state index contributed by atoms with van der Waals surface area (Å²) in [6.07, 6.45) is 1.51. The minimum Gasteiger partial charge on any atom is -0.481 e. The Morgan fingerprint density at radius 2 is 1.77 bits per heavy atom. The molecule has 2 heterocycles. The average Bonchev–Trinajstić information content (AvgIpc) is 3.08. The van der Waals surface area contributed by atoms with E-state index in [0.717, 1.165) is 43.2 Å². The highest BCUT2D eigenvalue weighted by molar-refractivity contribution is 7.17. The molecule has 4 rings (SSSR count). The Labute approximate surface area is 189 Å². The number of rotatable bonds is 6. The molecule has 0 amide bonds. The quantitative estimate of drug-likeness (QED) is 0.422. The van der Waals surface area contributed by atoms with Gasteiger partial charge in [0.15, 0.2) is 0 Å². The number of hydrogen-bond acceptors (Lipinski definition) is 5. The molecule has 0 radical (unpaired) electrons. The third kappa shape index (κ3) is 6.69. The summed E-state index contributed by atoms with van der Waals surface area (Å²) in [4.78, 5) is 19.3. The van der Waals surface area contributed by atoms with Crippen LogP contribution in [0.5, 0.6) is 0 Å². The summed E-state index contributed by atoms with van der Waals surface area (Å²) in [6.45, 7) is 2.86. The summed E-state index contributed by atoms with van der Waals surface area (Å²) in [5, 5.41) is 27.1. The van der Waals surface area contributed by atoms with Crippen LogP contribution in [-0.4, -0.2) is 35.2 Å². The summed E-state index contributed by atoms with van der Waals surface area (Å²) in [5.74, 6) is -2.15. The van der Waals surface area contributed by atoms with Gasteiger partial charge in [0.1, 0.15) is 0 Å². The third-order valence-electron chi connectivity index (χ3n) is 5.02. The Kier molecular flexibility index (Phi) is 8.28. The van der Waals surface area contributed by atoms with Gasteiger partial charge in [0.2, 0.25) is 0 Å². The van der Waals surface area contributed by atoms with Crippen LogP contribution >= 0.6 is 22.9 Å². The standard InChI is InChI=1S/C19H19ClN2S.C4H6O4/c20-17-4-3-14-5-8-21-9-6-16(14)19(17)22-12-13-1-2-15-7-10-23-18(15)11-13;5-3(6)1-2-4(7)8/h1-4,7,10-11,21-22H,5-6,8-9,12H2;1-2H2,(H,5,6)(H,7,8). The van der Waals surface area contributed by atoms with Crippen molar-refractivity contribution in [2.75, 3.05) is 18.4 Å². The molecule has 8 heteroatoms. The van der Waals surface area contributed by atoms with Crippen molar-refractivity contribution in [2.24, 2.45) is 0 Å². The van der Waals surface area contributed by atoms with Gasteiger partial charge in [-0.15, -0.1) is 11.3 Å². The summed E-state index contributed by atoms with van der Waals surface area (Å²) in [7, 11) is 0. The van der Waals surface area contributed by atoms with Gasteiger partial charge in [-0.3, -0.25) is 9.59 Å². The number of carboxylic acids is 2. The van der Waals surface area contributed by atoms with Gasteiger partial charge in [0, 0.05) is 11.2 Å². The van der Waals surface area contributed by atoms with Crippen LogP contribution in [0, 0.1) is 0 Å². The van der Waals surface area contributed by atoms with Crippen LogP contribution in [-0.2, 0) is 29.0 Å². The van der Waals surface area contributed by atoms with E-state index in [9.17, 15) is 9.59 Å². The van der Waals surface area contributed by atoms with Crippen molar-refractivity contribution < 1.29 is 19.8 Å². The van der Waals surface area contributed by atoms with E-state index in [1.165, 1.54) is 26.8 Å². The Morgan fingerprint density at radius 3 is 2.52 bits per heavy atom. The number of carbonyl (C=O) groups is 2. The Hall–Kier alpha value is -2.61. The van der Waals surface area contributed by atoms with E-state index in [-0.39, 0.29) is 12.8 Å². The number of thiophene rings is 1. The number of fused-ring (bicyclic) bond motifs is 2. The van der Waals surface area contributed by atoms with Crippen LogP contribution in [0.15, 0.2) is 41.8 Å². The monoisotopic (exact) mass is 460 g/mol. The van der Waals surface area contributed by atoms with Gasteiger partial charge in [-0.25, -0.2) is 0 Å². The van der Waals surface area contributed by atoms with Crippen LogP contribution in [0.2, 0.25) is 5.02 Å². The zero-order chi connectivity index (χ0) is 22.2. The van der Waals surface area contributed by atoms with Crippen molar-refractivity contribution in [3.63, 3.8) is 0 Å². The maximum atomic E-state index is 9.64. The molecule has 6 nitrogen and oxygen atoms in total.